The summed E-state index contributed by atoms with van der Waals surface area (Å²) in [5.41, 5.74) is 1.70. The van der Waals surface area contributed by atoms with Crippen LogP contribution in [0, 0.1) is 5.92 Å². The molecule has 1 N–H and O–H groups in total. The van der Waals surface area contributed by atoms with Gasteiger partial charge in [-0.15, -0.1) is 0 Å². The highest BCUT2D eigenvalue weighted by atomic mass is 16.2. The van der Waals surface area contributed by atoms with Gasteiger partial charge in [0, 0.05) is 50.6 Å². The minimum absolute atomic E-state index is 0.0298. The van der Waals surface area contributed by atoms with Crippen molar-refractivity contribution in [3.63, 3.8) is 0 Å². The second-order valence-corrected chi connectivity index (χ2v) is 5.84. The number of carbonyl (C=O) groups is 1. The van der Waals surface area contributed by atoms with Gasteiger partial charge in [0.05, 0.1) is 0 Å². The number of amides is 1. The Morgan fingerprint density at radius 2 is 2.24 bits per heavy atom. The molecule has 0 bridgehead atoms. The highest BCUT2D eigenvalue weighted by Crippen LogP contribution is 2.31. The number of nitrogens with one attached hydrogen (secondary N) is 1. The van der Waals surface area contributed by atoms with E-state index in [1.807, 2.05) is 30.9 Å². The first-order valence-electron chi connectivity index (χ1n) is 7.97. The van der Waals surface area contributed by atoms with Crippen LogP contribution in [0.15, 0.2) is 18.3 Å². The first kappa shape index (κ1) is 14.3. The Hall–Kier alpha value is -1.62. The molecule has 0 aliphatic carbocycles. The molecule has 2 fully saturated rings. The summed E-state index contributed by atoms with van der Waals surface area (Å²) in [5, 5.41) is 3.47. The molecule has 5 nitrogen and oxygen atoms in total. The van der Waals surface area contributed by atoms with Crippen molar-refractivity contribution in [3.05, 3.63) is 24.0 Å². The van der Waals surface area contributed by atoms with Crippen molar-refractivity contribution in [2.45, 2.75) is 26.3 Å². The van der Waals surface area contributed by atoms with E-state index < -0.39 is 0 Å². The number of hydrogen-bond acceptors (Lipinski definition) is 4. The zero-order valence-corrected chi connectivity index (χ0v) is 12.9. The number of carbonyl (C=O) groups excluding carboxylic acids is 1. The minimum atomic E-state index is 0.0298. The van der Waals surface area contributed by atoms with Crippen LogP contribution in [0.4, 0.5) is 5.69 Å². The fourth-order valence-corrected chi connectivity index (χ4v) is 3.56. The number of rotatable bonds is 4. The molecular weight excluding hydrogens is 264 g/mol. The quantitative estimate of drug-likeness (QED) is 0.909. The number of fused-ring (bicyclic) bond motifs is 1. The molecule has 0 radical (unpaired) electrons. The molecule has 21 heavy (non-hydrogen) atoms. The molecular formula is C16H24N4O. The normalized spacial score (nSPS) is 24.2. The van der Waals surface area contributed by atoms with E-state index in [1.165, 1.54) is 6.42 Å². The number of hydrogen-bond donors (Lipinski definition) is 1. The third-order valence-electron chi connectivity index (χ3n) is 4.79. The fraction of sp³-hybridized carbons (Fsp3) is 0.625. The van der Waals surface area contributed by atoms with Crippen molar-refractivity contribution in [1.29, 1.82) is 0 Å². The second kappa shape index (κ2) is 6.02. The lowest BCUT2D eigenvalue weighted by Crippen LogP contribution is -2.35. The van der Waals surface area contributed by atoms with E-state index in [0.717, 1.165) is 44.3 Å². The lowest BCUT2D eigenvalue weighted by Gasteiger charge is -2.26. The van der Waals surface area contributed by atoms with Crippen LogP contribution >= 0.6 is 0 Å². The van der Waals surface area contributed by atoms with E-state index >= 15 is 0 Å². The van der Waals surface area contributed by atoms with Gasteiger partial charge in [0.15, 0.2) is 0 Å². The van der Waals surface area contributed by atoms with Gasteiger partial charge in [0.25, 0.3) is 5.91 Å². The van der Waals surface area contributed by atoms with Gasteiger partial charge in [-0.2, -0.15) is 0 Å². The third kappa shape index (κ3) is 2.62. The molecule has 3 rings (SSSR count). The van der Waals surface area contributed by atoms with Crippen LogP contribution in [0.1, 0.15) is 30.8 Å². The molecule has 1 aromatic heterocycles. The molecule has 114 valence electrons. The van der Waals surface area contributed by atoms with Crippen LogP contribution < -0.4 is 10.2 Å². The monoisotopic (exact) mass is 288 g/mol. The van der Waals surface area contributed by atoms with E-state index in [9.17, 15) is 4.79 Å². The Morgan fingerprint density at radius 3 is 3.00 bits per heavy atom. The standard InChI is InChI=1S/C16H24N4O/c1-3-19(4-2)16(21)14-9-13(5-7-18-14)20-8-6-12-10-17-11-15(12)20/h5,7,9,12,15,17H,3-4,6,8,10-11H2,1-2H3/t12-,15+/m0/s1. The second-order valence-electron chi connectivity index (χ2n) is 5.84. The third-order valence-corrected chi connectivity index (χ3v) is 4.79. The lowest BCUT2D eigenvalue weighted by molar-refractivity contribution is 0.0767. The van der Waals surface area contributed by atoms with Crippen molar-refractivity contribution >= 4 is 11.6 Å². The molecule has 0 saturated carbocycles. The first-order valence-corrected chi connectivity index (χ1v) is 7.97. The molecule has 2 aliphatic heterocycles. The summed E-state index contributed by atoms with van der Waals surface area (Å²) in [6, 6.07) is 4.56. The molecule has 5 heteroatoms. The van der Waals surface area contributed by atoms with Crippen LogP contribution in [0.2, 0.25) is 0 Å². The predicted molar refractivity (Wildman–Crippen MR) is 83.6 cm³/mol. The van der Waals surface area contributed by atoms with Crippen LogP contribution in [-0.2, 0) is 0 Å². The van der Waals surface area contributed by atoms with Crippen LogP contribution in [0.3, 0.4) is 0 Å². The maximum Gasteiger partial charge on any atom is 0.272 e. The Bertz CT molecular complexity index is 515. The van der Waals surface area contributed by atoms with Crippen molar-refractivity contribution < 1.29 is 4.79 Å². The van der Waals surface area contributed by atoms with Crippen LogP contribution in [-0.4, -0.2) is 54.6 Å². The van der Waals surface area contributed by atoms with Crippen molar-refractivity contribution in [1.82, 2.24) is 15.2 Å². The van der Waals surface area contributed by atoms with Gasteiger partial charge in [0.1, 0.15) is 5.69 Å². The van der Waals surface area contributed by atoms with E-state index in [0.29, 0.717) is 11.7 Å². The van der Waals surface area contributed by atoms with Crippen molar-refractivity contribution in [2.75, 3.05) is 37.6 Å². The molecule has 0 aromatic carbocycles. The van der Waals surface area contributed by atoms with Crippen LogP contribution in [0.25, 0.3) is 0 Å². The minimum Gasteiger partial charge on any atom is -0.367 e. The van der Waals surface area contributed by atoms with E-state index in [2.05, 4.69) is 15.2 Å². The Balaban J connectivity index is 1.82. The lowest BCUT2D eigenvalue weighted by atomic mass is 10.1. The smallest absolute Gasteiger partial charge is 0.272 e. The van der Waals surface area contributed by atoms with Gasteiger partial charge in [-0.05, 0) is 38.3 Å². The number of pyridine rings is 1. The van der Waals surface area contributed by atoms with Gasteiger partial charge in [-0.3, -0.25) is 9.78 Å². The molecule has 1 amide bonds. The molecule has 2 aliphatic rings. The zero-order valence-electron chi connectivity index (χ0n) is 12.9. The van der Waals surface area contributed by atoms with Crippen molar-refractivity contribution in [2.24, 2.45) is 5.92 Å². The average Bonchev–Trinajstić information content (AvgIpc) is 3.11. The predicted octanol–water partition coefficient (Wildman–Crippen LogP) is 1.36. The Labute approximate surface area is 126 Å². The number of anilines is 1. The zero-order chi connectivity index (χ0) is 14.8. The summed E-state index contributed by atoms with van der Waals surface area (Å²) in [4.78, 5) is 21.0. The number of aromatic nitrogens is 1. The van der Waals surface area contributed by atoms with Gasteiger partial charge in [-0.1, -0.05) is 0 Å². The Morgan fingerprint density at radius 1 is 1.43 bits per heavy atom. The molecule has 2 atom stereocenters. The molecule has 3 heterocycles. The van der Waals surface area contributed by atoms with Gasteiger partial charge < -0.3 is 15.1 Å². The summed E-state index contributed by atoms with van der Waals surface area (Å²) in [6.45, 7) is 8.70. The van der Waals surface area contributed by atoms with E-state index in [1.54, 1.807) is 6.20 Å². The molecule has 0 unspecified atom stereocenters. The van der Waals surface area contributed by atoms with Gasteiger partial charge in [-0.25, -0.2) is 0 Å². The maximum atomic E-state index is 12.4. The summed E-state index contributed by atoms with van der Waals surface area (Å²) < 4.78 is 0. The molecule has 2 saturated heterocycles. The molecule has 0 spiro atoms. The van der Waals surface area contributed by atoms with Crippen LogP contribution in [0.5, 0.6) is 0 Å². The maximum absolute atomic E-state index is 12.4. The highest BCUT2D eigenvalue weighted by Gasteiger charge is 2.37. The van der Waals surface area contributed by atoms with Gasteiger partial charge in [0.2, 0.25) is 0 Å². The number of nitrogens with zero attached hydrogens (tertiary/aromatic N) is 3. The highest BCUT2D eigenvalue weighted by molar-refractivity contribution is 5.93. The Kier molecular flexibility index (Phi) is 4.10. The first-order chi connectivity index (χ1) is 10.2. The summed E-state index contributed by atoms with van der Waals surface area (Å²) in [6.07, 6.45) is 3.00. The largest absolute Gasteiger partial charge is 0.367 e. The molecule has 1 aromatic rings. The average molecular weight is 288 g/mol. The summed E-state index contributed by atoms with van der Waals surface area (Å²) >= 11 is 0. The van der Waals surface area contributed by atoms with Crippen molar-refractivity contribution in [3.8, 4) is 0 Å². The topological polar surface area (TPSA) is 48.5 Å². The summed E-state index contributed by atoms with van der Waals surface area (Å²) in [5.74, 6) is 0.780. The van der Waals surface area contributed by atoms with E-state index in [-0.39, 0.29) is 5.91 Å². The fourth-order valence-electron chi connectivity index (χ4n) is 3.56. The SMILES string of the molecule is CCN(CC)C(=O)c1cc(N2CC[C@H]3CNC[C@H]32)ccn1. The summed E-state index contributed by atoms with van der Waals surface area (Å²) in [7, 11) is 0. The van der Waals surface area contributed by atoms with E-state index in [4.69, 9.17) is 0 Å². The van der Waals surface area contributed by atoms with Gasteiger partial charge >= 0.3 is 0 Å².